The summed E-state index contributed by atoms with van der Waals surface area (Å²) >= 11 is 0. The molecule has 28 heavy (non-hydrogen) atoms. The molecule has 1 N–H and O–H groups in total. The normalized spacial score (nSPS) is 26.6. The molecule has 4 aliphatic rings. The maximum absolute atomic E-state index is 13.4. The first-order valence-electron chi connectivity index (χ1n) is 10.9. The maximum atomic E-state index is 13.4. The second kappa shape index (κ2) is 6.84. The van der Waals surface area contributed by atoms with Gasteiger partial charge in [0.05, 0.1) is 10.8 Å². The number of carbonyl (C=O) groups is 1. The van der Waals surface area contributed by atoms with Gasteiger partial charge in [0.25, 0.3) is 0 Å². The van der Waals surface area contributed by atoms with Crippen molar-refractivity contribution in [2.45, 2.75) is 62.7 Å². The Balaban J connectivity index is 1.37. The topological polar surface area (TPSA) is 66.5 Å². The third kappa shape index (κ3) is 3.18. The maximum Gasteiger partial charge on any atom is 0.243 e. The predicted molar refractivity (Wildman–Crippen MR) is 107 cm³/mol. The van der Waals surface area contributed by atoms with Gasteiger partial charge in [-0.3, -0.25) is 4.79 Å². The fourth-order valence-corrected chi connectivity index (χ4v) is 6.92. The quantitative estimate of drug-likeness (QED) is 0.824. The highest BCUT2D eigenvalue weighted by Gasteiger charge is 2.55. The smallest absolute Gasteiger partial charge is 0.243 e. The average Bonchev–Trinajstić information content (AvgIpc) is 3.40. The number of nitrogens with one attached hydrogen (secondary N) is 1. The largest absolute Gasteiger partial charge is 0.356 e. The van der Waals surface area contributed by atoms with Crippen molar-refractivity contribution in [3.05, 3.63) is 29.3 Å². The standard InChI is InChI=1S/C22H30N2O3S/c25-21(23-13-16-6-7-16)20-14-24(15-22(20)10-3-11-22)28(26,27)19-9-8-17-4-1-2-5-18(17)12-19/h8-9,12,16,20H,1-7,10-11,13-15H2,(H,23,25). The Labute approximate surface area is 167 Å². The lowest BCUT2D eigenvalue weighted by Gasteiger charge is -2.42. The third-order valence-corrected chi connectivity index (χ3v) is 9.31. The zero-order valence-corrected chi connectivity index (χ0v) is 17.3. The van der Waals surface area contributed by atoms with Crippen LogP contribution in [0.15, 0.2) is 23.1 Å². The lowest BCUT2D eigenvalue weighted by molar-refractivity contribution is -0.129. The molecule has 0 radical (unpaired) electrons. The van der Waals surface area contributed by atoms with Gasteiger partial charge < -0.3 is 5.32 Å². The second-order valence-electron chi connectivity index (χ2n) is 9.39. The lowest BCUT2D eigenvalue weighted by Crippen LogP contribution is -2.45. The van der Waals surface area contributed by atoms with Crippen molar-refractivity contribution in [3.8, 4) is 0 Å². The monoisotopic (exact) mass is 402 g/mol. The van der Waals surface area contributed by atoms with Crippen LogP contribution in [0.5, 0.6) is 0 Å². The van der Waals surface area contributed by atoms with Gasteiger partial charge in [-0.2, -0.15) is 4.31 Å². The first-order valence-corrected chi connectivity index (χ1v) is 12.3. The van der Waals surface area contributed by atoms with E-state index in [-0.39, 0.29) is 17.2 Å². The van der Waals surface area contributed by atoms with Crippen molar-refractivity contribution in [2.24, 2.45) is 17.3 Å². The first-order chi connectivity index (χ1) is 13.5. The van der Waals surface area contributed by atoms with Crippen LogP contribution in [0.1, 0.15) is 56.1 Å². The summed E-state index contributed by atoms with van der Waals surface area (Å²) < 4.78 is 28.4. The van der Waals surface area contributed by atoms with Gasteiger partial charge in [0.15, 0.2) is 0 Å². The van der Waals surface area contributed by atoms with Gasteiger partial charge in [-0.05, 0) is 86.0 Å². The molecule has 1 amide bonds. The van der Waals surface area contributed by atoms with Crippen LogP contribution in [0, 0.1) is 17.3 Å². The Morgan fingerprint density at radius 3 is 2.54 bits per heavy atom. The first kappa shape index (κ1) is 18.6. The molecule has 1 aromatic carbocycles. The van der Waals surface area contributed by atoms with Gasteiger partial charge in [-0.15, -0.1) is 0 Å². The van der Waals surface area contributed by atoms with E-state index in [2.05, 4.69) is 5.32 Å². The Morgan fingerprint density at radius 2 is 1.86 bits per heavy atom. The van der Waals surface area contributed by atoms with Crippen molar-refractivity contribution in [2.75, 3.05) is 19.6 Å². The molecule has 1 aromatic rings. The zero-order chi connectivity index (χ0) is 19.4. The van der Waals surface area contributed by atoms with E-state index in [4.69, 9.17) is 0 Å². The van der Waals surface area contributed by atoms with Crippen molar-refractivity contribution < 1.29 is 13.2 Å². The second-order valence-corrected chi connectivity index (χ2v) is 11.3. The fourth-order valence-electron chi connectivity index (χ4n) is 5.31. The van der Waals surface area contributed by atoms with Crippen LogP contribution in [0.4, 0.5) is 0 Å². The summed E-state index contributed by atoms with van der Waals surface area (Å²) in [7, 11) is -3.55. The minimum Gasteiger partial charge on any atom is -0.356 e. The van der Waals surface area contributed by atoms with Crippen molar-refractivity contribution in [3.63, 3.8) is 0 Å². The van der Waals surface area contributed by atoms with E-state index in [0.29, 0.717) is 23.9 Å². The molecule has 3 fully saturated rings. The summed E-state index contributed by atoms with van der Waals surface area (Å²) in [6.45, 7) is 1.58. The molecule has 152 valence electrons. The Hall–Kier alpha value is -1.40. The van der Waals surface area contributed by atoms with Crippen molar-refractivity contribution >= 4 is 15.9 Å². The molecule has 1 saturated heterocycles. The molecule has 5 rings (SSSR count). The number of benzene rings is 1. The predicted octanol–water partition coefficient (Wildman–Crippen LogP) is 2.88. The molecule has 5 nitrogen and oxygen atoms in total. The van der Waals surface area contributed by atoms with Gasteiger partial charge in [-0.25, -0.2) is 8.42 Å². The summed E-state index contributed by atoms with van der Waals surface area (Å²) in [5.74, 6) is 0.500. The summed E-state index contributed by atoms with van der Waals surface area (Å²) in [6.07, 6.45) is 9.76. The average molecular weight is 403 g/mol. The summed E-state index contributed by atoms with van der Waals surface area (Å²) in [6, 6.07) is 5.65. The SMILES string of the molecule is O=C(NCC1CC1)C1CN(S(=O)(=O)c2ccc3c(c2)CCCC3)CC12CCC2. The van der Waals surface area contributed by atoms with E-state index < -0.39 is 10.0 Å². The van der Waals surface area contributed by atoms with Crippen LogP contribution in [-0.2, 0) is 27.7 Å². The number of amides is 1. The molecular weight excluding hydrogens is 372 g/mol. The number of sulfonamides is 1. The Bertz CT molecular complexity index is 887. The van der Waals surface area contributed by atoms with Crippen LogP contribution in [-0.4, -0.2) is 38.3 Å². The molecule has 1 unspecified atom stereocenters. The van der Waals surface area contributed by atoms with E-state index in [1.165, 1.54) is 30.4 Å². The Morgan fingerprint density at radius 1 is 1.11 bits per heavy atom. The molecule has 1 aliphatic heterocycles. The Kier molecular flexibility index (Phi) is 4.55. The van der Waals surface area contributed by atoms with Crippen molar-refractivity contribution in [1.29, 1.82) is 0 Å². The van der Waals surface area contributed by atoms with Gasteiger partial charge in [0.2, 0.25) is 15.9 Å². The number of fused-ring (bicyclic) bond motifs is 1. The van der Waals surface area contributed by atoms with Crippen LogP contribution in [0.25, 0.3) is 0 Å². The van der Waals surface area contributed by atoms with E-state index in [1.54, 1.807) is 10.4 Å². The van der Waals surface area contributed by atoms with Crippen LogP contribution in [0.3, 0.4) is 0 Å². The lowest BCUT2D eigenvalue weighted by atomic mass is 9.62. The van der Waals surface area contributed by atoms with Gasteiger partial charge in [-0.1, -0.05) is 12.5 Å². The van der Waals surface area contributed by atoms with Gasteiger partial charge in [0.1, 0.15) is 0 Å². The number of carbonyl (C=O) groups excluding carboxylic acids is 1. The third-order valence-electron chi connectivity index (χ3n) is 7.50. The molecule has 0 bridgehead atoms. The highest BCUT2D eigenvalue weighted by molar-refractivity contribution is 7.89. The van der Waals surface area contributed by atoms with E-state index >= 15 is 0 Å². The molecule has 0 aromatic heterocycles. The molecule has 6 heteroatoms. The number of hydrogen-bond acceptors (Lipinski definition) is 3. The number of rotatable bonds is 5. The molecule has 1 atom stereocenters. The zero-order valence-electron chi connectivity index (χ0n) is 16.5. The molecule has 1 heterocycles. The number of nitrogens with zero attached hydrogens (tertiary/aromatic N) is 1. The van der Waals surface area contributed by atoms with E-state index in [0.717, 1.165) is 45.1 Å². The van der Waals surface area contributed by atoms with Gasteiger partial charge >= 0.3 is 0 Å². The highest BCUT2D eigenvalue weighted by Crippen LogP contribution is 2.52. The molecule has 3 aliphatic carbocycles. The van der Waals surface area contributed by atoms with Crippen LogP contribution >= 0.6 is 0 Å². The van der Waals surface area contributed by atoms with Crippen LogP contribution < -0.4 is 5.32 Å². The highest BCUT2D eigenvalue weighted by atomic mass is 32.2. The summed E-state index contributed by atoms with van der Waals surface area (Å²) in [4.78, 5) is 13.3. The van der Waals surface area contributed by atoms with E-state index in [9.17, 15) is 13.2 Å². The van der Waals surface area contributed by atoms with E-state index in [1.807, 2.05) is 12.1 Å². The minimum absolute atomic E-state index is 0.0646. The molecule has 1 spiro atoms. The summed E-state index contributed by atoms with van der Waals surface area (Å²) in [5, 5.41) is 3.10. The minimum atomic E-state index is -3.55. The van der Waals surface area contributed by atoms with Crippen molar-refractivity contribution in [1.82, 2.24) is 9.62 Å². The summed E-state index contributed by atoms with van der Waals surface area (Å²) in [5.41, 5.74) is 2.33. The number of aryl methyl sites for hydroxylation is 2. The van der Waals surface area contributed by atoms with Gasteiger partial charge in [0, 0.05) is 19.6 Å². The molecule has 2 saturated carbocycles. The van der Waals surface area contributed by atoms with Crippen LogP contribution in [0.2, 0.25) is 0 Å². The molecular formula is C22H30N2O3S. The number of hydrogen-bond donors (Lipinski definition) is 1. The fraction of sp³-hybridized carbons (Fsp3) is 0.682.